The van der Waals surface area contributed by atoms with Crippen molar-refractivity contribution in [1.29, 1.82) is 0 Å². The van der Waals surface area contributed by atoms with E-state index in [0.717, 1.165) is 32.1 Å². The first-order valence-electron chi connectivity index (χ1n) is 7.31. The Bertz CT molecular complexity index is 598. The van der Waals surface area contributed by atoms with E-state index in [4.69, 9.17) is 0 Å². The molecule has 112 valence electrons. The van der Waals surface area contributed by atoms with Crippen LogP contribution in [0.25, 0.3) is 0 Å². The number of hydrogen-bond acceptors (Lipinski definition) is 3. The Morgan fingerprint density at radius 2 is 2.15 bits per heavy atom. The van der Waals surface area contributed by atoms with E-state index in [-0.39, 0.29) is 16.9 Å². The molecule has 0 atom stereocenters. The summed E-state index contributed by atoms with van der Waals surface area (Å²) in [7, 11) is -3.46. The zero-order valence-electron chi connectivity index (χ0n) is 11.8. The van der Waals surface area contributed by atoms with Crippen LogP contribution < -0.4 is 4.72 Å². The van der Waals surface area contributed by atoms with Crippen molar-refractivity contribution in [2.45, 2.75) is 56.6 Å². The highest BCUT2D eigenvalue weighted by molar-refractivity contribution is 7.89. The second kappa shape index (κ2) is 4.86. The first-order chi connectivity index (χ1) is 9.50. The maximum absolute atomic E-state index is 12.3. The molecule has 0 saturated heterocycles. The van der Waals surface area contributed by atoms with Crippen LogP contribution >= 0.6 is 0 Å². The van der Waals surface area contributed by atoms with Gasteiger partial charge in [0.15, 0.2) is 0 Å². The minimum atomic E-state index is -3.46. The molecule has 2 aliphatic rings. The molecule has 2 aliphatic carbocycles. The first-order valence-corrected chi connectivity index (χ1v) is 8.79. The van der Waals surface area contributed by atoms with Crippen LogP contribution in [0, 0.1) is 5.41 Å². The lowest BCUT2D eigenvalue weighted by molar-refractivity contribution is 0.270. The van der Waals surface area contributed by atoms with Crippen molar-refractivity contribution in [3.05, 3.63) is 18.0 Å². The molecule has 3 rings (SSSR count). The zero-order chi connectivity index (χ0) is 14.4. The molecular weight excluding hydrogens is 276 g/mol. The summed E-state index contributed by atoms with van der Waals surface area (Å²) in [6.45, 7) is 2.51. The SMILES string of the molecule is CCC1(CNS(=O)(=O)c2cc(CO)n(C3CC3)c2)CC1. The molecule has 5 nitrogen and oxygen atoms in total. The summed E-state index contributed by atoms with van der Waals surface area (Å²) in [4.78, 5) is 0.278. The van der Waals surface area contributed by atoms with Gasteiger partial charge in [-0.25, -0.2) is 13.1 Å². The van der Waals surface area contributed by atoms with Gasteiger partial charge in [-0.05, 0) is 43.6 Å². The van der Waals surface area contributed by atoms with E-state index in [1.54, 1.807) is 12.3 Å². The molecule has 6 heteroatoms. The van der Waals surface area contributed by atoms with Gasteiger partial charge in [-0.15, -0.1) is 0 Å². The Balaban J connectivity index is 1.76. The standard InChI is InChI=1S/C14H22N2O3S/c1-2-14(5-6-14)10-15-20(18,19)13-7-12(9-17)16(8-13)11-3-4-11/h7-8,11,15,17H,2-6,9-10H2,1H3. The third kappa shape index (κ3) is 2.64. The summed E-state index contributed by atoms with van der Waals surface area (Å²) < 4.78 is 29.3. The van der Waals surface area contributed by atoms with Gasteiger partial charge in [0.05, 0.1) is 11.5 Å². The van der Waals surface area contributed by atoms with Crippen molar-refractivity contribution in [1.82, 2.24) is 9.29 Å². The molecule has 0 unspecified atom stereocenters. The van der Waals surface area contributed by atoms with E-state index in [2.05, 4.69) is 11.6 Å². The minimum Gasteiger partial charge on any atom is -0.390 e. The average molecular weight is 298 g/mol. The predicted molar refractivity (Wildman–Crippen MR) is 75.8 cm³/mol. The van der Waals surface area contributed by atoms with Crippen molar-refractivity contribution in [2.24, 2.45) is 5.41 Å². The Labute approximate surface area is 120 Å². The van der Waals surface area contributed by atoms with Crippen LogP contribution in [-0.4, -0.2) is 24.6 Å². The van der Waals surface area contributed by atoms with Crippen LogP contribution in [0.1, 0.15) is 50.8 Å². The number of sulfonamides is 1. The highest BCUT2D eigenvalue weighted by Crippen LogP contribution is 2.48. The topological polar surface area (TPSA) is 71.3 Å². The third-order valence-electron chi connectivity index (χ3n) is 4.66. The highest BCUT2D eigenvalue weighted by Gasteiger charge is 2.41. The van der Waals surface area contributed by atoms with E-state index in [0.29, 0.717) is 18.3 Å². The van der Waals surface area contributed by atoms with Gasteiger partial charge in [0.2, 0.25) is 10.0 Å². The number of aliphatic hydroxyl groups excluding tert-OH is 1. The molecule has 0 radical (unpaired) electrons. The van der Waals surface area contributed by atoms with Crippen LogP contribution in [0.4, 0.5) is 0 Å². The highest BCUT2D eigenvalue weighted by atomic mass is 32.2. The molecule has 2 fully saturated rings. The van der Waals surface area contributed by atoms with Gasteiger partial charge in [-0.2, -0.15) is 0 Å². The van der Waals surface area contributed by atoms with E-state index in [1.807, 2.05) is 4.57 Å². The number of aliphatic hydroxyl groups is 1. The first kappa shape index (κ1) is 14.1. The molecule has 1 aromatic rings. The maximum Gasteiger partial charge on any atom is 0.242 e. The number of aromatic nitrogens is 1. The van der Waals surface area contributed by atoms with Crippen LogP contribution in [0.2, 0.25) is 0 Å². The van der Waals surface area contributed by atoms with Gasteiger partial charge in [-0.1, -0.05) is 6.92 Å². The van der Waals surface area contributed by atoms with Crippen molar-refractivity contribution in [2.75, 3.05) is 6.54 Å². The normalized spacial score (nSPS) is 21.1. The lowest BCUT2D eigenvalue weighted by Crippen LogP contribution is -2.29. The fourth-order valence-electron chi connectivity index (χ4n) is 2.63. The summed E-state index contributed by atoms with van der Waals surface area (Å²) in [5, 5.41) is 9.35. The van der Waals surface area contributed by atoms with Gasteiger partial charge in [0.1, 0.15) is 0 Å². The maximum atomic E-state index is 12.3. The number of hydrogen-bond donors (Lipinski definition) is 2. The number of nitrogens with zero attached hydrogens (tertiary/aromatic N) is 1. The zero-order valence-corrected chi connectivity index (χ0v) is 12.6. The minimum absolute atomic E-state index is 0.120. The van der Waals surface area contributed by atoms with Crippen molar-refractivity contribution < 1.29 is 13.5 Å². The molecule has 2 saturated carbocycles. The fraction of sp³-hybridized carbons (Fsp3) is 0.714. The van der Waals surface area contributed by atoms with Gasteiger partial charge in [-0.3, -0.25) is 0 Å². The average Bonchev–Trinajstić information content (AvgIpc) is 3.35. The second-order valence-corrected chi connectivity index (χ2v) is 7.91. The van der Waals surface area contributed by atoms with Gasteiger partial charge >= 0.3 is 0 Å². The second-order valence-electron chi connectivity index (χ2n) is 6.14. The molecule has 0 aromatic carbocycles. The Morgan fingerprint density at radius 3 is 2.65 bits per heavy atom. The monoisotopic (exact) mass is 298 g/mol. The van der Waals surface area contributed by atoms with Crippen molar-refractivity contribution in [3.8, 4) is 0 Å². The van der Waals surface area contributed by atoms with Crippen LogP contribution in [0.15, 0.2) is 17.2 Å². The summed E-state index contributed by atoms with van der Waals surface area (Å²) >= 11 is 0. The quantitative estimate of drug-likeness (QED) is 0.806. The fourth-order valence-corrected chi connectivity index (χ4v) is 3.83. The summed E-state index contributed by atoms with van der Waals surface area (Å²) in [6, 6.07) is 1.96. The molecule has 20 heavy (non-hydrogen) atoms. The summed E-state index contributed by atoms with van der Waals surface area (Å²) in [6.07, 6.45) is 7.02. The molecule has 0 spiro atoms. The molecule has 0 aliphatic heterocycles. The van der Waals surface area contributed by atoms with Crippen molar-refractivity contribution >= 4 is 10.0 Å². The van der Waals surface area contributed by atoms with Crippen molar-refractivity contribution in [3.63, 3.8) is 0 Å². The van der Waals surface area contributed by atoms with Gasteiger partial charge in [0.25, 0.3) is 0 Å². The molecule has 0 bridgehead atoms. The summed E-state index contributed by atoms with van der Waals surface area (Å²) in [5.41, 5.74) is 0.871. The number of nitrogens with one attached hydrogen (secondary N) is 1. The Hall–Kier alpha value is -0.850. The van der Waals surface area contributed by atoms with E-state index < -0.39 is 10.0 Å². The molecule has 0 amide bonds. The molecule has 1 heterocycles. The predicted octanol–water partition coefficient (Wildman–Crippen LogP) is 1.78. The van der Waals surface area contributed by atoms with Gasteiger partial charge < -0.3 is 9.67 Å². The number of rotatable bonds is 7. The third-order valence-corrected chi connectivity index (χ3v) is 6.03. The lowest BCUT2D eigenvalue weighted by Gasteiger charge is -2.13. The van der Waals surface area contributed by atoms with E-state index >= 15 is 0 Å². The summed E-state index contributed by atoms with van der Waals surface area (Å²) in [5.74, 6) is 0. The molecule has 2 N–H and O–H groups in total. The van der Waals surface area contributed by atoms with Crippen LogP contribution in [0.5, 0.6) is 0 Å². The van der Waals surface area contributed by atoms with Crippen LogP contribution in [0.3, 0.4) is 0 Å². The largest absolute Gasteiger partial charge is 0.390 e. The lowest BCUT2D eigenvalue weighted by atomic mass is 10.1. The molecular formula is C14H22N2O3S. The van der Waals surface area contributed by atoms with E-state index in [9.17, 15) is 13.5 Å². The van der Waals surface area contributed by atoms with E-state index in [1.165, 1.54) is 0 Å². The Morgan fingerprint density at radius 1 is 1.45 bits per heavy atom. The molecule has 1 aromatic heterocycles. The van der Waals surface area contributed by atoms with Gasteiger partial charge in [0, 0.05) is 24.5 Å². The van der Waals surface area contributed by atoms with Crippen LogP contribution in [-0.2, 0) is 16.6 Å². The Kier molecular flexibility index (Phi) is 3.43. The smallest absolute Gasteiger partial charge is 0.242 e.